The Hall–Kier alpha value is -2.35. The number of hydrogen-bond donors (Lipinski definition) is 1. The average Bonchev–Trinajstić information content (AvgIpc) is 2.44. The van der Waals surface area contributed by atoms with Crippen LogP contribution in [0.2, 0.25) is 0 Å². The van der Waals surface area contributed by atoms with Crippen molar-refractivity contribution in [3.05, 3.63) is 35.9 Å². The molecule has 0 atom stereocenters. The minimum Gasteiger partial charge on any atom is -0.273 e. The van der Waals surface area contributed by atoms with E-state index in [0.717, 1.165) is 0 Å². The number of hydrogen-bond acceptors (Lipinski definition) is 3. The van der Waals surface area contributed by atoms with Gasteiger partial charge < -0.3 is 0 Å². The summed E-state index contributed by atoms with van der Waals surface area (Å²) in [5.74, 6) is -0.513. The van der Waals surface area contributed by atoms with Gasteiger partial charge in [-0.25, -0.2) is 5.01 Å². The maximum Gasteiger partial charge on any atom is 0.272 e. The topological polar surface area (TPSA) is 73.2 Å². The van der Waals surface area contributed by atoms with E-state index in [-0.39, 0.29) is 18.2 Å². The SMILES string of the molecule is CC(C)(C)N(NC(=O)CCCC#N)C(=O)c1ccccc1. The molecule has 2 amide bonds. The normalized spacial score (nSPS) is 10.6. The zero-order chi connectivity index (χ0) is 15.9. The van der Waals surface area contributed by atoms with E-state index in [1.807, 2.05) is 32.9 Å². The summed E-state index contributed by atoms with van der Waals surface area (Å²) in [5, 5.41) is 9.83. The van der Waals surface area contributed by atoms with E-state index in [1.54, 1.807) is 24.3 Å². The summed E-state index contributed by atoms with van der Waals surface area (Å²) < 4.78 is 0. The highest BCUT2D eigenvalue weighted by Crippen LogP contribution is 2.15. The summed E-state index contributed by atoms with van der Waals surface area (Å²) >= 11 is 0. The monoisotopic (exact) mass is 287 g/mol. The van der Waals surface area contributed by atoms with Crippen LogP contribution in [0.3, 0.4) is 0 Å². The van der Waals surface area contributed by atoms with Crippen molar-refractivity contribution >= 4 is 11.8 Å². The molecular formula is C16H21N3O2. The molecule has 5 heteroatoms. The summed E-state index contributed by atoms with van der Waals surface area (Å²) in [6, 6.07) is 10.8. The van der Waals surface area contributed by atoms with Gasteiger partial charge in [0, 0.05) is 18.4 Å². The first-order valence-electron chi connectivity index (χ1n) is 6.92. The van der Waals surface area contributed by atoms with Gasteiger partial charge in [0.1, 0.15) is 0 Å². The van der Waals surface area contributed by atoms with E-state index < -0.39 is 5.54 Å². The van der Waals surface area contributed by atoms with Crippen LogP contribution in [0.15, 0.2) is 30.3 Å². The second-order valence-electron chi connectivity index (χ2n) is 5.72. The van der Waals surface area contributed by atoms with Crippen molar-refractivity contribution in [2.45, 2.75) is 45.6 Å². The quantitative estimate of drug-likeness (QED) is 0.683. The second kappa shape index (κ2) is 7.44. The fourth-order valence-electron chi connectivity index (χ4n) is 1.74. The number of rotatable bonds is 4. The minimum atomic E-state index is -0.544. The van der Waals surface area contributed by atoms with Crippen LogP contribution < -0.4 is 5.43 Å². The zero-order valence-corrected chi connectivity index (χ0v) is 12.7. The molecule has 1 N–H and O–H groups in total. The first kappa shape index (κ1) is 16.7. The summed E-state index contributed by atoms with van der Waals surface area (Å²) in [6.07, 6.45) is 1.04. The third-order valence-electron chi connectivity index (χ3n) is 2.82. The maximum atomic E-state index is 12.5. The van der Waals surface area contributed by atoms with Crippen LogP contribution in [0.4, 0.5) is 0 Å². The Morgan fingerprint density at radius 2 is 1.86 bits per heavy atom. The van der Waals surface area contributed by atoms with Crippen molar-refractivity contribution in [1.82, 2.24) is 10.4 Å². The zero-order valence-electron chi connectivity index (χ0n) is 12.7. The standard InChI is InChI=1S/C16H21N3O2/c1-16(2,3)19(18-14(20)11-7-8-12-17)15(21)13-9-5-4-6-10-13/h4-6,9-10H,7-8,11H2,1-3H3,(H,18,20). The first-order chi connectivity index (χ1) is 9.86. The molecule has 0 heterocycles. The van der Waals surface area contributed by atoms with Gasteiger partial charge >= 0.3 is 0 Å². The van der Waals surface area contributed by atoms with Gasteiger partial charge in [-0.2, -0.15) is 5.26 Å². The summed E-state index contributed by atoms with van der Waals surface area (Å²) in [4.78, 5) is 24.4. The van der Waals surface area contributed by atoms with E-state index in [1.165, 1.54) is 5.01 Å². The van der Waals surface area contributed by atoms with Crippen LogP contribution in [0, 0.1) is 11.3 Å². The number of carbonyl (C=O) groups is 2. The number of nitrogens with zero attached hydrogens (tertiary/aromatic N) is 2. The van der Waals surface area contributed by atoms with Gasteiger partial charge in [0.25, 0.3) is 5.91 Å². The second-order valence-corrected chi connectivity index (χ2v) is 5.72. The molecule has 0 radical (unpaired) electrons. The van der Waals surface area contributed by atoms with Crippen LogP contribution in [0.5, 0.6) is 0 Å². The molecule has 0 unspecified atom stereocenters. The lowest BCUT2D eigenvalue weighted by atomic mass is 10.1. The maximum absolute atomic E-state index is 12.5. The van der Waals surface area contributed by atoms with Gasteiger partial charge in [-0.1, -0.05) is 18.2 Å². The Balaban J connectivity index is 2.81. The molecule has 1 rings (SSSR count). The van der Waals surface area contributed by atoms with E-state index >= 15 is 0 Å². The van der Waals surface area contributed by atoms with Crippen molar-refractivity contribution in [3.63, 3.8) is 0 Å². The predicted molar refractivity (Wildman–Crippen MR) is 80.0 cm³/mol. The number of amides is 2. The van der Waals surface area contributed by atoms with E-state index in [4.69, 9.17) is 5.26 Å². The number of carbonyl (C=O) groups excluding carboxylic acids is 2. The Labute approximate surface area is 125 Å². The summed E-state index contributed by atoms with van der Waals surface area (Å²) in [7, 11) is 0. The molecule has 112 valence electrons. The molecule has 0 aliphatic rings. The molecule has 0 saturated heterocycles. The molecule has 0 aliphatic heterocycles. The Morgan fingerprint density at radius 1 is 1.24 bits per heavy atom. The summed E-state index contributed by atoms with van der Waals surface area (Å²) in [5.41, 5.74) is 2.62. The lowest BCUT2D eigenvalue weighted by Gasteiger charge is -2.35. The third-order valence-corrected chi connectivity index (χ3v) is 2.82. The highest BCUT2D eigenvalue weighted by Gasteiger charge is 2.28. The molecule has 21 heavy (non-hydrogen) atoms. The highest BCUT2D eigenvalue weighted by atomic mass is 16.2. The van der Waals surface area contributed by atoms with Crippen molar-refractivity contribution in [3.8, 4) is 6.07 Å². The molecular weight excluding hydrogens is 266 g/mol. The molecule has 0 bridgehead atoms. The first-order valence-corrected chi connectivity index (χ1v) is 6.92. The Kier molecular flexibility index (Phi) is 5.92. The highest BCUT2D eigenvalue weighted by molar-refractivity contribution is 5.95. The number of benzene rings is 1. The van der Waals surface area contributed by atoms with Gasteiger partial charge in [0.15, 0.2) is 0 Å². The summed E-state index contributed by atoms with van der Waals surface area (Å²) in [6.45, 7) is 5.55. The number of unbranched alkanes of at least 4 members (excludes halogenated alkanes) is 1. The molecule has 0 aliphatic carbocycles. The number of nitrogens with one attached hydrogen (secondary N) is 1. The van der Waals surface area contributed by atoms with Gasteiger partial charge in [0.2, 0.25) is 5.91 Å². The van der Waals surface area contributed by atoms with Gasteiger partial charge in [-0.15, -0.1) is 0 Å². The van der Waals surface area contributed by atoms with Crippen molar-refractivity contribution in [2.24, 2.45) is 0 Å². The smallest absolute Gasteiger partial charge is 0.272 e. The Bertz CT molecular complexity index is 527. The van der Waals surface area contributed by atoms with Crippen molar-refractivity contribution < 1.29 is 9.59 Å². The number of hydrazine groups is 1. The van der Waals surface area contributed by atoms with Crippen molar-refractivity contribution in [2.75, 3.05) is 0 Å². The van der Waals surface area contributed by atoms with Crippen LogP contribution >= 0.6 is 0 Å². The third kappa shape index (κ3) is 5.27. The predicted octanol–water partition coefficient (Wildman–Crippen LogP) is 2.65. The largest absolute Gasteiger partial charge is 0.273 e. The fraction of sp³-hybridized carbons (Fsp3) is 0.438. The van der Waals surface area contributed by atoms with E-state index in [2.05, 4.69) is 5.43 Å². The lowest BCUT2D eigenvalue weighted by Crippen LogP contribution is -2.55. The molecule has 1 aromatic rings. The van der Waals surface area contributed by atoms with Crippen LogP contribution in [-0.2, 0) is 4.79 Å². The van der Waals surface area contributed by atoms with Gasteiger partial charge in [-0.3, -0.25) is 15.0 Å². The molecule has 5 nitrogen and oxygen atoms in total. The van der Waals surface area contributed by atoms with Crippen LogP contribution in [-0.4, -0.2) is 22.4 Å². The Morgan fingerprint density at radius 3 is 2.38 bits per heavy atom. The molecule has 0 spiro atoms. The molecule has 0 saturated carbocycles. The lowest BCUT2D eigenvalue weighted by molar-refractivity contribution is -0.126. The van der Waals surface area contributed by atoms with Crippen molar-refractivity contribution in [1.29, 1.82) is 5.26 Å². The van der Waals surface area contributed by atoms with E-state index in [0.29, 0.717) is 18.4 Å². The molecule has 0 aromatic heterocycles. The average molecular weight is 287 g/mol. The molecule has 0 fully saturated rings. The van der Waals surface area contributed by atoms with Crippen LogP contribution in [0.1, 0.15) is 50.4 Å². The molecule has 1 aromatic carbocycles. The fourth-order valence-corrected chi connectivity index (χ4v) is 1.74. The van der Waals surface area contributed by atoms with Gasteiger partial charge in [-0.05, 0) is 39.3 Å². The minimum absolute atomic E-state index is 0.224. The number of nitriles is 1. The van der Waals surface area contributed by atoms with Gasteiger partial charge in [0.05, 0.1) is 11.6 Å². The van der Waals surface area contributed by atoms with Crippen LogP contribution in [0.25, 0.3) is 0 Å². The van der Waals surface area contributed by atoms with E-state index in [9.17, 15) is 9.59 Å².